The molecule has 3 aromatic heterocycles. The van der Waals surface area contributed by atoms with Crippen molar-refractivity contribution in [3.05, 3.63) is 71.2 Å². The summed E-state index contributed by atoms with van der Waals surface area (Å²) < 4.78 is 27.9. The van der Waals surface area contributed by atoms with E-state index in [2.05, 4.69) is 36.1 Å². The summed E-state index contributed by atoms with van der Waals surface area (Å²) in [5, 5.41) is 8.43. The zero-order valence-electron chi connectivity index (χ0n) is 15.8. The van der Waals surface area contributed by atoms with E-state index in [0.29, 0.717) is 11.3 Å². The third kappa shape index (κ3) is 3.06. The van der Waals surface area contributed by atoms with Crippen LogP contribution in [0.5, 0.6) is 0 Å². The zero-order chi connectivity index (χ0) is 20.9. The summed E-state index contributed by atoms with van der Waals surface area (Å²) in [5.41, 5.74) is 4.01. The van der Waals surface area contributed by atoms with Crippen molar-refractivity contribution in [2.24, 2.45) is 0 Å². The molecule has 2 N–H and O–H groups in total. The Hall–Kier alpha value is -3.17. The van der Waals surface area contributed by atoms with Crippen LogP contribution in [-0.2, 0) is 10.0 Å². The van der Waals surface area contributed by atoms with E-state index in [0.717, 1.165) is 32.3 Å². The quantitative estimate of drug-likeness (QED) is 0.389. The van der Waals surface area contributed by atoms with Crippen LogP contribution in [-0.4, -0.2) is 35.6 Å². The molecule has 0 aliphatic rings. The first kappa shape index (κ1) is 18.8. The number of fused-ring (bicyclic) bond motifs is 2. The van der Waals surface area contributed by atoms with Crippen LogP contribution in [0, 0.1) is 0 Å². The molecule has 150 valence electrons. The number of para-hydroxylation sites is 1. The van der Waals surface area contributed by atoms with Crippen molar-refractivity contribution in [2.75, 3.05) is 11.4 Å². The van der Waals surface area contributed by atoms with Gasteiger partial charge >= 0.3 is 0 Å². The van der Waals surface area contributed by atoms with Gasteiger partial charge in [0.2, 0.25) is 0 Å². The molecule has 0 saturated carbocycles. The minimum atomic E-state index is -3.72. The zero-order valence-corrected chi connectivity index (χ0v) is 18.2. The van der Waals surface area contributed by atoms with Crippen molar-refractivity contribution in [2.45, 2.75) is 4.90 Å². The fraction of sp³-hybridized carbons (Fsp3) is 0.0476. The summed E-state index contributed by atoms with van der Waals surface area (Å²) in [6, 6.07) is 19.8. The van der Waals surface area contributed by atoms with Gasteiger partial charge in [-0.1, -0.05) is 34.1 Å². The molecule has 0 atom stereocenters. The summed E-state index contributed by atoms with van der Waals surface area (Å²) in [6.07, 6.45) is 0. The normalized spacial score (nSPS) is 11.9. The van der Waals surface area contributed by atoms with Gasteiger partial charge < -0.3 is 4.98 Å². The molecule has 0 amide bonds. The van der Waals surface area contributed by atoms with Gasteiger partial charge in [-0.15, -0.1) is 0 Å². The number of nitrogens with zero attached hydrogens (tertiary/aromatic N) is 3. The molecule has 3 heterocycles. The number of benzene rings is 2. The number of hydrogen-bond acceptors (Lipinski definition) is 4. The van der Waals surface area contributed by atoms with Crippen molar-refractivity contribution >= 4 is 53.7 Å². The van der Waals surface area contributed by atoms with Crippen LogP contribution in [0.4, 0.5) is 5.82 Å². The number of anilines is 1. The van der Waals surface area contributed by atoms with Gasteiger partial charge in [-0.05, 0) is 48.5 Å². The fourth-order valence-corrected chi connectivity index (χ4v) is 4.77. The molecule has 5 rings (SSSR count). The van der Waals surface area contributed by atoms with Gasteiger partial charge in [0, 0.05) is 16.9 Å². The highest BCUT2D eigenvalue weighted by atomic mass is 79.9. The van der Waals surface area contributed by atoms with E-state index in [1.807, 2.05) is 36.4 Å². The number of aromatic nitrogens is 4. The number of halogens is 1. The number of aromatic amines is 2. The number of sulfonamides is 1. The topological polar surface area (TPSA) is 94.7 Å². The van der Waals surface area contributed by atoms with Crippen molar-refractivity contribution in [3.8, 4) is 11.4 Å². The Balaban J connectivity index is 1.54. The summed E-state index contributed by atoms with van der Waals surface area (Å²) in [7, 11) is -2.22. The Labute approximate surface area is 180 Å². The standard InChI is InChI=1S/C21H16BrN5O2S/c1-27(30(28,29)14-8-6-13(22)7-9-14)20-11-10-17-18(24-20)12-19(23-17)21-15-4-2-3-5-16(15)25-26-21/h2-12,23H,1H3,(H,25,26). The van der Waals surface area contributed by atoms with Gasteiger partial charge in [-0.25, -0.2) is 13.4 Å². The summed E-state index contributed by atoms with van der Waals surface area (Å²) in [4.78, 5) is 8.08. The van der Waals surface area contributed by atoms with Gasteiger partial charge in [-0.2, -0.15) is 5.10 Å². The average molecular weight is 482 g/mol. The van der Waals surface area contributed by atoms with Crippen LogP contribution in [0.2, 0.25) is 0 Å². The Bertz CT molecular complexity index is 1490. The molecule has 0 spiro atoms. The molecule has 9 heteroatoms. The van der Waals surface area contributed by atoms with Crippen LogP contribution in [0.1, 0.15) is 0 Å². The molecule has 7 nitrogen and oxygen atoms in total. The molecule has 2 aromatic carbocycles. The molecular formula is C21H16BrN5O2S. The Kier molecular flexibility index (Phi) is 4.37. The number of nitrogens with one attached hydrogen (secondary N) is 2. The molecule has 0 radical (unpaired) electrons. The Morgan fingerprint density at radius 3 is 2.53 bits per heavy atom. The van der Waals surface area contributed by atoms with E-state index in [4.69, 9.17) is 0 Å². The van der Waals surface area contributed by atoms with Gasteiger partial charge in [0.05, 0.1) is 27.1 Å². The monoisotopic (exact) mass is 481 g/mol. The van der Waals surface area contributed by atoms with Crippen molar-refractivity contribution in [1.82, 2.24) is 20.2 Å². The maximum Gasteiger partial charge on any atom is 0.265 e. The minimum absolute atomic E-state index is 0.202. The summed E-state index contributed by atoms with van der Waals surface area (Å²) >= 11 is 3.32. The smallest absolute Gasteiger partial charge is 0.265 e. The van der Waals surface area contributed by atoms with E-state index >= 15 is 0 Å². The Morgan fingerprint density at radius 1 is 0.967 bits per heavy atom. The molecular weight excluding hydrogens is 466 g/mol. The molecule has 0 unspecified atom stereocenters. The van der Waals surface area contributed by atoms with E-state index in [1.165, 1.54) is 11.4 Å². The van der Waals surface area contributed by atoms with Crippen LogP contribution in [0.15, 0.2) is 76.1 Å². The second kappa shape index (κ2) is 6.96. The van der Waals surface area contributed by atoms with Crippen LogP contribution in [0.3, 0.4) is 0 Å². The van der Waals surface area contributed by atoms with E-state index in [1.54, 1.807) is 30.3 Å². The van der Waals surface area contributed by atoms with Crippen molar-refractivity contribution < 1.29 is 8.42 Å². The first-order chi connectivity index (χ1) is 14.4. The lowest BCUT2D eigenvalue weighted by molar-refractivity contribution is 0.594. The first-order valence-corrected chi connectivity index (χ1v) is 11.3. The lowest BCUT2D eigenvalue weighted by Crippen LogP contribution is -2.27. The number of hydrogen-bond donors (Lipinski definition) is 2. The highest BCUT2D eigenvalue weighted by Crippen LogP contribution is 2.29. The summed E-state index contributed by atoms with van der Waals surface area (Å²) in [6.45, 7) is 0. The number of rotatable bonds is 4. The predicted molar refractivity (Wildman–Crippen MR) is 121 cm³/mol. The largest absolute Gasteiger partial charge is 0.352 e. The molecule has 30 heavy (non-hydrogen) atoms. The van der Waals surface area contributed by atoms with Gasteiger partial charge in [-0.3, -0.25) is 9.40 Å². The maximum absolute atomic E-state index is 13.0. The molecule has 0 aliphatic carbocycles. The molecule has 0 bridgehead atoms. The van der Waals surface area contributed by atoms with Crippen LogP contribution >= 0.6 is 15.9 Å². The predicted octanol–water partition coefficient (Wildman–Crippen LogP) is 4.69. The number of pyridine rings is 1. The second-order valence-corrected chi connectivity index (χ2v) is 9.71. The van der Waals surface area contributed by atoms with E-state index in [9.17, 15) is 8.42 Å². The third-order valence-electron chi connectivity index (χ3n) is 4.98. The third-order valence-corrected chi connectivity index (χ3v) is 7.29. The van der Waals surface area contributed by atoms with Crippen molar-refractivity contribution in [1.29, 1.82) is 0 Å². The highest BCUT2D eigenvalue weighted by Gasteiger charge is 2.23. The van der Waals surface area contributed by atoms with Crippen molar-refractivity contribution in [3.63, 3.8) is 0 Å². The van der Waals surface area contributed by atoms with Gasteiger partial charge in [0.15, 0.2) is 0 Å². The van der Waals surface area contributed by atoms with Crippen LogP contribution in [0.25, 0.3) is 33.3 Å². The van der Waals surface area contributed by atoms with Crippen LogP contribution < -0.4 is 4.31 Å². The molecule has 5 aromatic rings. The molecule has 0 saturated heterocycles. The average Bonchev–Trinajstić information content (AvgIpc) is 3.36. The second-order valence-electron chi connectivity index (χ2n) is 6.83. The summed E-state index contributed by atoms with van der Waals surface area (Å²) in [5.74, 6) is 0.336. The molecule has 0 fully saturated rings. The maximum atomic E-state index is 13.0. The van der Waals surface area contributed by atoms with Gasteiger partial charge in [0.1, 0.15) is 11.5 Å². The fourth-order valence-electron chi connectivity index (χ4n) is 3.36. The highest BCUT2D eigenvalue weighted by molar-refractivity contribution is 9.10. The lowest BCUT2D eigenvalue weighted by Gasteiger charge is -2.18. The first-order valence-electron chi connectivity index (χ1n) is 9.11. The number of H-pyrrole nitrogens is 2. The lowest BCUT2D eigenvalue weighted by atomic mass is 10.2. The Morgan fingerprint density at radius 2 is 1.73 bits per heavy atom. The SMILES string of the molecule is CN(c1ccc2[nH]c(-c3n[nH]c4ccccc34)cc2n1)S(=O)(=O)c1ccc(Br)cc1. The van der Waals surface area contributed by atoms with E-state index < -0.39 is 10.0 Å². The van der Waals surface area contributed by atoms with E-state index in [-0.39, 0.29) is 4.90 Å². The van der Waals surface area contributed by atoms with Gasteiger partial charge in [0.25, 0.3) is 10.0 Å². The molecule has 0 aliphatic heterocycles. The minimum Gasteiger partial charge on any atom is -0.352 e.